The Morgan fingerprint density at radius 3 is 1.86 bits per heavy atom. The van der Waals surface area contributed by atoms with Crippen LogP contribution in [0.5, 0.6) is 0 Å². The molecule has 10 heteroatoms. The minimum absolute atomic E-state index is 0.0180. The number of hydrogen-bond acceptors (Lipinski definition) is 7. The van der Waals surface area contributed by atoms with Crippen LogP contribution in [-0.2, 0) is 35.0 Å². The van der Waals surface area contributed by atoms with E-state index in [9.17, 15) is 19.5 Å². The van der Waals surface area contributed by atoms with Crippen molar-refractivity contribution in [3.05, 3.63) is 122 Å². The molecule has 4 aromatic carbocycles. The molecule has 0 aliphatic carbocycles. The fourth-order valence-corrected chi connectivity index (χ4v) is 5.59. The van der Waals surface area contributed by atoms with Crippen LogP contribution in [0.3, 0.4) is 0 Å². The van der Waals surface area contributed by atoms with Crippen LogP contribution in [-0.4, -0.2) is 40.8 Å². The third-order valence-electron chi connectivity index (χ3n) is 7.68. The number of cyclic esters (lactones) is 1. The van der Waals surface area contributed by atoms with E-state index in [2.05, 4.69) is 0 Å². The van der Waals surface area contributed by atoms with Gasteiger partial charge in [0.05, 0.1) is 13.0 Å². The Morgan fingerprint density at radius 1 is 0.816 bits per heavy atom. The molecule has 0 atom stereocenters. The molecule has 1 heterocycles. The van der Waals surface area contributed by atoms with Gasteiger partial charge >= 0.3 is 17.9 Å². The normalized spacial score (nSPS) is 13.7. The quantitative estimate of drug-likeness (QED) is 0.143. The van der Waals surface area contributed by atoms with Gasteiger partial charge in [0.25, 0.3) is 0 Å². The SMILES string of the molecule is CC1(C)OC(=O)C(c2ccc(-c3ccc(Cl)cc3)cc2Cl)=C1O.CCOC(=O)C(C)(C)OC(=O)Cc1ccc(-c2ccc(C)cc2)cc1Cl. The largest absolute Gasteiger partial charge is 0.507 e. The second kappa shape index (κ2) is 15.5. The molecule has 7 nitrogen and oxygen atoms in total. The standard InChI is InChI=1S/C21H23ClO4.C18H14Cl2O3/c1-5-25-20(24)21(3,4)26-19(23)13-17-11-10-16(12-18(17)22)15-8-6-14(2)7-9-15;1-18(2)16(21)15(17(22)23-18)13-8-5-11(9-14(13)20)10-3-6-12(19)7-4-10/h6-12H,5,13H2,1-4H3;3-9,21H,1-2H3. The third kappa shape index (κ3) is 9.24. The maximum atomic E-state index is 12.2. The van der Waals surface area contributed by atoms with Crippen LogP contribution in [0.25, 0.3) is 27.8 Å². The average molecular weight is 724 g/mol. The summed E-state index contributed by atoms with van der Waals surface area (Å²) < 4.78 is 15.4. The van der Waals surface area contributed by atoms with Gasteiger partial charge in [-0.3, -0.25) is 4.79 Å². The molecule has 5 rings (SSSR count). The number of carbonyl (C=O) groups is 3. The predicted octanol–water partition coefficient (Wildman–Crippen LogP) is 10.0. The van der Waals surface area contributed by atoms with Crippen LogP contribution < -0.4 is 0 Å². The van der Waals surface area contributed by atoms with Gasteiger partial charge in [0.2, 0.25) is 5.60 Å². The zero-order valence-electron chi connectivity index (χ0n) is 28.0. The van der Waals surface area contributed by atoms with E-state index >= 15 is 0 Å². The first-order valence-corrected chi connectivity index (χ1v) is 16.6. The van der Waals surface area contributed by atoms with E-state index in [-0.39, 0.29) is 24.4 Å². The van der Waals surface area contributed by atoms with E-state index < -0.39 is 29.1 Å². The number of esters is 3. The van der Waals surface area contributed by atoms with Crippen molar-refractivity contribution < 1.29 is 33.7 Å². The molecule has 0 saturated heterocycles. The van der Waals surface area contributed by atoms with Crippen LogP contribution >= 0.6 is 34.8 Å². The highest BCUT2D eigenvalue weighted by molar-refractivity contribution is 6.35. The first kappa shape index (κ1) is 37.5. The zero-order chi connectivity index (χ0) is 36.1. The third-order valence-corrected chi connectivity index (χ3v) is 8.60. The Kier molecular flexibility index (Phi) is 11.9. The number of aliphatic hydroxyl groups is 1. The molecule has 1 aliphatic rings. The van der Waals surface area contributed by atoms with Gasteiger partial charge in [-0.15, -0.1) is 0 Å². The van der Waals surface area contributed by atoms with E-state index in [0.717, 1.165) is 22.3 Å². The molecule has 1 aliphatic heterocycles. The van der Waals surface area contributed by atoms with Crippen molar-refractivity contribution >= 4 is 58.3 Å². The van der Waals surface area contributed by atoms with Crippen LogP contribution in [0.2, 0.25) is 15.1 Å². The van der Waals surface area contributed by atoms with Gasteiger partial charge in [0.1, 0.15) is 5.57 Å². The van der Waals surface area contributed by atoms with Gasteiger partial charge in [-0.2, -0.15) is 0 Å². The summed E-state index contributed by atoms with van der Waals surface area (Å²) in [5.41, 5.74) is 3.90. The van der Waals surface area contributed by atoms with Gasteiger partial charge in [0, 0.05) is 20.6 Å². The number of ether oxygens (including phenoxy) is 3. The maximum Gasteiger partial charge on any atom is 0.349 e. The predicted molar refractivity (Wildman–Crippen MR) is 194 cm³/mol. The summed E-state index contributed by atoms with van der Waals surface area (Å²) >= 11 is 18.6. The highest BCUT2D eigenvalue weighted by atomic mass is 35.5. The monoisotopic (exact) mass is 722 g/mol. The summed E-state index contributed by atoms with van der Waals surface area (Å²) in [4.78, 5) is 36.0. The molecule has 0 unspecified atom stereocenters. The number of aliphatic hydroxyl groups excluding tert-OH is 1. The van der Waals surface area contributed by atoms with E-state index in [4.69, 9.17) is 49.0 Å². The molecule has 0 radical (unpaired) electrons. The zero-order valence-corrected chi connectivity index (χ0v) is 30.3. The fourth-order valence-electron chi connectivity index (χ4n) is 4.95. The van der Waals surface area contributed by atoms with Crippen molar-refractivity contribution in [1.29, 1.82) is 0 Å². The highest BCUT2D eigenvalue weighted by Gasteiger charge is 2.42. The molecule has 0 bridgehead atoms. The Balaban J connectivity index is 0.000000222. The number of rotatable bonds is 8. The van der Waals surface area contributed by atoms with Crippen molar-refractivity contribution in [2.75, 3.05) is 6.61 Å². The summed E-state index contributed by atoms with van der Waals surface area (Å²) in [7, 11) is 0. The molecule has 0 spiro atoms. The van der Waals surface area contributed by atoms with Gasteiger partial charge in [-0.25, -0.2) is 9.59 Å². The minimum Gasteiger partial charge on any atom is -0.507 e. The molecule has 1 N–H and O–H groups in total. The minimum atomic E-state index is -1.33. The van der Waals surface area contributed by atoms with Gasteiger partial charge in [0.15, 0.2) is 11.4 Å². The lowest BCUT2D eigenvalue weighted by molar-refractivity contribution is -0.177. The molecule has 4 aromatic rings. The molecular weight excluding hydrogens is 687 g/mol. The molecular formula is C39H37Cl3O7. The van der Waals surface area contributed by atoms with E-state index in [0.29, 0.717) is 26.2 Å². The van der Waals surface area contributed by atoms with E-state index in [1.54, 1.807) is 51.1 Å². The summed E-state index contributed by atoms with van der Waals surface area (Å²) in [6.07, 6.45) is -0.0180. The van der Waals surface area contributed by atoms with Crippen molar-refractivity contribution in [3.8, 4) is 22.3 Å². The van der Waals surface area contributed by atoms with Gasteiger partial charge in [-0.1, -0.05) is 101 Å². The Labute approximate surface area is 301 Å². The lowest BCUT2D eigenvalue weighted by Crippen LogP contribution is -2.39. The maximum absolute atomic E-state index is 12.2. The van der Waals surface area contributed by atoms with Gasteiger partial charge < -0.3 is 19.3 Å². The van der Waals surface area contributed by atoms with Crippen LogP contribution in [0, 0.1) is 6.92 Å². The molecule has 0 fully saturated rings. The Bertz CT molecular complexity index is 1890. The van der Waals surface area contributed by atoms with Crippen molar-refractivity contribution in [3.63, 3.8) is 0 Å². The average Bonchev–Trinajstić information content (AvgIpc) is 3.24. The summed E-state index contributed by atoms with van der Waals surface area (Å²) in [6.45, 7) is 10.2. The summed E-state index contributed by atoms with van der Waals surface area (Å²) in [6, 6.07) is 26.3. The first-order valence-electron chi connectivity index (χ1n) is 15.5. The molecule has 49 heavy (non-hydrogen) atoms. The number of aryl methyl sites for hydroxylation is 1. The van der Waals surface area contributed by atoms with Crippen molar-refractivity contribution in [2.45, 2.75) is 59.2 Å². The first-order chi connectivity index (χ1) is 23.0. The number of hydrogen-bond donors (Lipinski definition) is 1. The van der Waals surface area contributed by atoms with Crippen LogP contribution in [0.15, 0.2) is 90.7 Å². The Morgan fingerprint density at radius 2 is 1.35 bits per heavy atom. The summed E-state index contributed by atoms with van der Waals surface area (Å²) in [5, 5.41) is 11.7. The highest BCUT2D eigenvalue weighted by Crippen LogP contribution is 2.39. The second-order valence-corrected chi connectivity index (χ2v) is 13.6. The second-order valence-electron chi connectivity index (χ2n) is 12.4. The smallest absolute Gasteiger partial charge is 0.349 e. The topological polar surface area (TPSA) is 99.1 Å². The molecule has 256 valence electrons. The van der Waals surface area contributed by atoms with E-state index in [1.165, 1.54) is 19.4 Å². The van der Waals surface area contributed by atoms with Crippen molar-refractivity contribution in [1.82, 2.24) is 0 Å². The number of benzene rings is 4. The van der Waals surface area contributed by atoms with Crippen LogP contribution in [0.4, 0.5) is 0 Å². The van der Waals surface area contributed by atoms with Gasteiger partial charge in [-0.05, 0) is 93.6 Å². The molecule has 0 amide bonds. The number of carbonyl (C=O) groups excluding carboxylic acids is 3. The molecule has 0 aromatic heterocycles. The number of halogens is 3. The fraction of sp³-hybridized carbons (Fsp3) is 0.256. The summed E-state index contributed by atoms with van der Waals surface area (Å²) in [5.74, 6) is -1.79. The lowest BCUT2D eigenvalue weighted by atomic mass is 9.97. The van der Waals surface area contributed by atoms with Crippen molar-refractivity contribution in [2.24, 2.45) is 0 Å². The Hall–Kier alpha value is -4.30. The molecule has 0 saturated carbocycles. The van der Waals surface area contributed by atoms with E-state index in [1.807, 2.05) is 61.5 Å². The lowest BCUT2D eigenvalue weighted by Gasteiger charge is -2.22. The van der Waals surface area contributed by atoms with Crippen LogP contribution in [0.1, 0.15) is 51.3 Å².